The minimum Gasteiger partial charge on any atom is -0.452 e. The molecule has 6 nitrogen and oxygen atoms in total. The molecular weight excluding hydrogens is 328 g/mol. The Hall–Kier alpha value is -2.20. The number of carbonyl (C=O) groups is 2. The van der Waals surface area contributed by atoms with Crippen LogP contribution in [0.1, 0.15) is 38.1 Å². The Labute approximate surface area is 144 Å². The van der Waals surface area contributed by atoms with Crippen LogP contribution < -0.4 is 5.32 Å². The van der Waals surface area contributed by atoms with E-state index in [0.717, 1.165) is 0 Å². The van der Waals surface area contributed by atoms with E-state index in [9.17, 15) is 19.1 Å². The minimum absolute atomic E-state index is 0.102. The number of nitrogens with zero attached hydrogens (tertiary/aromatic N) is 1. The molecule has 0 saturated heterocycles. The highest BCUT2D eigenvalue weighted by Gasteiger charge is 2.30. The van der Waals surface area contributed by atoms with Gasteiger partial charge >= 0.3 is 5.97 Å². The van der Waals surface area contributed by atoms with Crippen LogP contribution in [0.3, 0.4) is 0 Å². The first-order chi connectivity index (χ1) is 11.2. The fraction of sp³-hybridized carbons (Fsp3) is 0.471. The van der Waals surface area contributed by atoms with E-state index in [4.69, 9.17) is 4.74 Å². The Bertz CT molecular complexity index is 681. The van der Waals surface area contributed by atoms with E-state index in [-0.39, 0.29) is 11.5 Å². The molecule has 0 heterocycles. The van der Waals surface area contributed by atoms with Crippen LogP contribution in [0.2, 0.25) is 0 Å². The van der Waals surface area contributed by atoms with Gasteiger partial charge in [-0.2, -0.15) is 5.26 Å². The molecule has 1 rings (SSSR count). The Morgan fingerprint density at radius 3 is 2.54 bits per heavy atom. The predicted octanol–water partition coefficient (Wildman–Crippen LogP) is 2.03. The van der Waals surface area contributed by atoms with E-state index in [1.54, 1.807) is 32.0 Å². The summed E-state index contributed by atoms with van der Waals surface area (Å²) in [5.74, 6) is -1.00. The van der Waals surface area contributed by atoms with Crippen LogP contribution in [0, 0.1) is 17.2 Å². The van der Waals surface area contributed by atoms with Crippen LogP contribution >= 0.6 is 0 Å². The number of benzene rings is 1. The summed E-state index contributed by atoms with van der Waals surface area (Å²) in [4.78, 5) is 24.5. The molecule has 7 heteroatoms. The number of esters is 1. The van der Waals surface area contributed by atoms with E-state index in [2.05, 4.69) is 5.32 Å². The zero-order valence-corrected chi connectivity index (χ0v) is 15.1. The number of ether oxygens (including phenoxy) is 1. The number of carbonyl (C=O) groups excluding carboxylic acids is 2. The SMILES string of the molecule is CC[S@](=O)c1ccccc1C(=O)OCC(=O)N[C@](C)(C#N)C(C)C. The van der Waals surface area contributed by atoms with Gasteiger partial charge in [-0.25, -0.2) is 4.79 Å². The fourth-order valence-corrected chi connectivity index (χ4v) is 2.76. The predicted molar refractivity (Wildman–Crippen MR) is 90.7 cm³/mol. The number of rotatable bonds is 7. The van der Waals surface area contributed by atoms with Gasteiger partial charge in [0.05, 0.1) is 27.3 Å². The Kier molecular flexibility index (Phi) is 7.11. The molecule has 2 atom stereocenters. The van der Waals surface area contributed by atoms with Crippen molar-refractivity contribution in [3.63, 3.8) is 0 Å². The minimum atomic E-state index is -1.30. The summed E-state index contributed by atoms with van der Waals surface area (Å²) in [6.07, 6.45) is 0. The first-order valence-electron chi connectivity index (χ1n) is 7.62. The Morgan fingerprint density at radius 1 is 1.38 bits per heavy atom. The molecule has 24 heavy (non-hydrogen) atoms. The second-order valence-corrected chi connectivity index (χ2v) is 7.43. The summed E-state index contributed by atoms with van der Waals surface area (Å²) >= 11 is 0. The average molecular weight is 350 g/mol. The summed E-state index contributed by atoms with van der Waals surface area (Å²) in [7, 11) is -1.30. The maximum absolute atomic E-state index is 12.2. The van der Waals surface area contributed by atoms with Gasteiger partial charge in [-0.05, 0) is 25.0 Å². The highest BCUT2D eigenvalue weighted by atomic mass is 32.2. The topological polar surface area (TPSA) is 96.3 Å². The Balaban J connectivity index is 2.76. The van der Waals surface area contributed by atoms with Crippen molar-refractivity contribution in [3.05, 3.63) is 29.8 Å². The first kappa shape index (κ1) is 19.8. The van der Waals surface area contributed by atoms with Crippen LogP contribution in [0.15, 0.2) is 29.2 Å². The monoisotopic (exact) mass is 350 g/mol. The number of hydrogen-bond acceptors (Lipinski definition) is 5. The maximum atomic E-state index is 12.2. The van der Waals surface area contributed by atoms with Crippen LogP contribution in [0.25, 0.3) is 0 Å². The van der Waals surface area contributed by atoms with Gasteiger partial charge in [-0.15, -0.1) is 0 Å². The van der Waals surface area contributed by atoms with E-state index in [1.165, 1.54) is 6.07 Å². The average Bonchev–Trinajstić information content (AvgIpc) is 2.58. The molecule has 1 amide bonds. The van der Waals surface area contributed by atoms with Gasteiger partial charge in [0, 0.05) is 5.75 Å². The van der Waals surface area contributed by atoms with Crippen LogP contribution in [-0.4, -0.2) is 34.0 Å². The summed E-state index contributed by atoms with van der Waals surface area (Å²) in [5, 5.41) is 11.7. The molecule has 0 bridgehead atoms. The molecule has 0 unspecified atom stereocenters. The summed E-state index contributed by atoms with van der Waals surface area (Å²) in [6, 6.07) is 8.48. The van der Waals surface area contributed by atoms with Gasteiger partial charge in [0.1, 0.15) is 5.54 Å². The first-order valence-corrected chi connectivity index (χ1v) is 8.93. The third kappa shape index (κ3) is 4.90. The summed E-state index contributed by atoms with van der Waals surface area (Å²) < 4.78 is 17.0. The molecule has 0 saturated carbocycles. The lowest BCUT2D eigenvalue weighted by Crippen LogP contribution is -2.50. The van der Waals surface area contributed by atoms with Crippen molar-refractivity contribution in [1.29, 1.82) is 5.26 Å². The number of nitriles is 1. The molecular formula is C17H22N2O4S. The summed E-state index contributed by atoms with van der Waals surface area (Å²) in [6.45, 7) is 6.48. The lowest BCUT2D eigenvalue weighted by atomic mass is 9.90. The van der Waals surface area contributed by atoms with Crippen molar-refractivity contribution >= 4 is 22.7 Å². The number of hydrogen-bond donors (Lipinski definition) is 1. The lowest BCUT2D eigenvalue weighted by Gasteiger charge is -2.27. The molecule has 130 valence electrons. The molecule has 0 radical (unpaired) electrons. The fourth-order valence-electron chi connectivity index (χ4n) is 1.83. The van der Waals surface area contributed by atoms with Crippen LogP contribution in [0.5, 0.6) is 0 Å². The van der Waals surface area contributed by atoms with Gasteiger partial charge < -0.3 is 10.1 Å². The van der Waals surface area contributed by atoms with Gasteiger partial charge in [0.15, 0.2) is 6.61 Å². The third-order valence-corrected chi connectivity index (χ3v) is 5.11. The highest BCUT2D eigenvalue weighted by molar-refractivity contribution is 7.85. The maximum Gasteiger partial charge on any atom is 0.339 e. The lowest BCUT2D eigenvalue weighted by molar-refractivity contribution is -0.125. The molecule has 1 aromatic rings. The van der Waals surface area contributed by atoms with E-state index in [0.29, 0.717) is 10.6 Å². The molecule has 0 aliphatic heterocycles. The largest absolute Gasteiger partial charge is 0.452 e. The van der Waals surface area contributed by atoms with Crippen molar-refractivity contribution in [2.45, 2.75) is 38.1 Å². The van der Waals surface area contributed by atoms with Gasteiger partial charge in [-0.3, -0.25) is 9.00 Å². The molecule has 0 spiro atoms. The number of amides is 1. The molecule has 0 aliphatic carbocycles. The van der Waals surface area contributed by atoms with Crippen molar-refractivity contribution in [2.24, 2.45) is 5.92 Å². The zero-order valence-electron chi connectivity index (χ0n) is 14.3. The third-order valence-electron chi connectivity index (χ3n) is 3.73. The summed E-state index contributed by atoms with van der Waals surface area (Å²) in [5.41, 5.74) is -0.858. The standard InChI is InChI=1S/C17H22N2O4S/c1-5-24(22)14-9-7-6-8-13(14)16(21)23-10-15(20)19-17(4,11-18)12(2)3/h6-9,12H,5,10H2,1-4H3,(H,19,20)/t17-,24+/m1/s1. The molecule has 1 aromatic carbocycles. The van der Waals surface area contributed by atoms with Crippen molar-refractivity contribution in [2.75, 3.05) is 12.4 Å². The van der Waals surface area contributed by atoms with E-state index in [1.807, 2.05) is 19.9 Å². The highest BCUT2D eigenvalue weighted by Crippen LogP contribution is 2.16. The van der Waals surface area contributed by atoms with E-state index >= 15 is 0 Å². The molecule has 0 aromatic heterocycles. The molecule has 1 N–H and O–H groups in total. The Morgan fingerprint density at radius 2 is 2.00 bits per heavy atom. The molecule has 0 fully saturated rings. The number of nitrogens with one attached hydrogen (secondary N) is 1. The van der Waals surface area contributed by atoms with Crippen molar-refractivity contribution in [1.82, 2.24) is 5.32 Å². The second kappa shape index (κ2) is 8.60. The van der Waals surface area contributed by atoms with Gasteiger partial charge in [0.2, 0.25) is 0 Å². The quantitative estimate of drug-likeness (QED) is 0.759. The normalized spacial score (nSPS) is 14.3. The van der Waals surface area contributed by atoms with Crippen LogP contribution in [0.4, 0.5) is 0 Å². The van der Waals surface area contributed by atoms with Gasteiger partial charge in [0.25, 0.3) is 5.91 Å². The molecule has 0 aliphatic rings. The van der Waals surface area contributed by atoms with Crippen molar-refractivity contribution < 1.29 is 18.5 Å². The van der Waals surface area contributed by atoms with Crippen molar-refractivity contribution in [3.8, 4) is 6.07 Å². The van der Waals surface area contributed by atoms with E-state index < -0.39 is 34.8 Å². The smallest absolute Gasteiger partial charge is 0.339 e. The second-order valence-electron chi connectivity index (χ2n) is 5.72. The zero-order chi connectivity index (χ0) is 18.3. The van der Waals surface area contributed by atoms with Gasteiger partial charge in [-0.1, -0.05) is 32.9 Å². The van der Waals surface area contributed by atoms with Crippen LogP contribution in [-0.2, 0) is 20.3 Å².